The Kier molecular flexibility index (Phi) is 3.82. The number of nitrogens with two attached hydrogens (primary N) is 1. The molecule has 18 heavy (non-hydrogen) atoms. The van der Waals surface area contributed by atoms with Crippen molar-refractivity contribution >= 4 is 16.0 Å². The van der Waals surface area contributed by atoms with E-state index in [0.29, 0.717) is 13.1 Å². The molecule has 0 aliphatic carbocycles. The normalized spacial score (nSPS) is 21.9. The number of rotatable bonds is 3. The number of hydrogen-bond donors (Lipinski definition) is 1. The van der Waals surface area contributed by atoms with E-state index in [4.69, 9.17) is 5.73 Å². The summed E-state index contributed by atoms with van der Waals surface area (Å²) in [5.41, 5.74) is 6.39. The van der Waals surface area contributed by atoms with Crippen molar-refractivity contribution in [3.63, 3.8) is 0 Å². The van der Waals surface area contributed by atoms with Crippen LogP contribution in [0.15, 0.2) is 12.3 Å². The zero-order valence-corrected chi connectivity index (χ0v) is 11.2. The van der Waals surface area contributed by atoms with Gasteiger partial charge in [-0.3, -0.25) is 0 Å². The Balaban J connectivity index is 2.17. The molecule has 0 bridgehead atoms. The zero-order valence-electron chi connectivity index (χ0n) is 10.4. The van der Waals surface area contributed by atoms with E-state index in [9.17, 15) is 8.42 Å². The van der Waals surface area contributed by atoms with E-state index in [1.807, 2.05) is 6.07 Å². The highest BCUT2D eigenvalue weighted by atomic mass is 32.2. The topological polar surface area (TPSA) is 89.2 Å². The van der Waals surface area contributed by atoms with Crippen molar-refractivity contribution in [1.82, 2.24) is 14.3 Å². The Morgan fingerprint density at radius 1 is 1.56 bits per heavy atom. The molecule has 1 aromatic rings. The number of anilines is 1. The zero-order chi connectivity index (χ0) is 13.2. The molecule has 6 nitrogen and oxygen atoms in total. The van der Waals surface area contributed by atoms with Crippen LogP contribution in [0.1, 0.15) is 31.4 Å². The molecule has 7 heteroatoms. The molecule has 1 atom stereocenters. The molecule has 1 aliphatic heterocycles. The number of piperidine rings is 1. The minimum absolute atomic E-state index is 0.116. The van der Waals surface area contributed by atoms with Gasteiger partial charge in [0.1, 0.15) is 0 Å². The number of aromatic nitrogens is 2. The van der Waals surface area contributed by atoms with Crippen LogP contribution in [0.3, 0.4) is 0 Å². The van der Waals surface area contributed by atoms with E-state index in [1.165, 1.54) is 0 Å². The molecule has 0 radical (unpaired) electrons. The minimum atomic E-state index is -3.11. The molecule has 100 valence electrons. The van der Waals surface area contributed by atoms with Crippen molar-refractivity contribution < 1.29 is 8.42 Å². The summed E-state index contributed by atoms with van der Waals surface area (Å²) in [6.45, 7) is 2.77. The van der Waals surface area contributed by atoms with Gasteiger partial charge in [-0.15, -0.1) is 0 Å². The van der Waals surface area contributed by atoms with E-state index in [1.54, 1.807) is 17.4 Å². The first-order valence-corrected chi connectivity index (χ1v) is 7.70. The van der Waals surface area contributed by atoms with Crippen LogP contribution in [-0.2, 0) is 10.0 Å². The van der Waals surface area contributed by atoms with Crippen LogP contribution in [0.25, 0.3) is 0 Å². The van der Waals surface area contributed by atoms with E-state index >= 15 is 0 Å². The van der Waals surface area contributed by atoms with Gasteiger partial charge >= 0.3 is 0 Å². The van der Waals surface area contributed by atoms with Crippen molar-refractivity contribution in [3.05, 3.63) is 18.0 Å². The molecule has 0 spiro atoms. The van der Waals surface area contributed by atoms with Gasteiger partial charge in [0.15, 0.2) is 0 Å². The monoisotopic (exact) mass is 270 g/mol. The Morgan fingerprint density at radius 3 is 3.00 bits per heavy atom. The van der Waals surface area contributed by atoms with Crippen molar-refractivity contribution in [3.8, 4) is 0 Å². The Bertz CT molecular complexity index is 518. The van der Waals surface area contributed by atoms with Gasteiger partial charge in [-0.25, -0.2) is 22.7 Å². The van der Waals surface area contributed by atoms with Gasteiger partial charge in [-0.05, 0) is 25.8 Å². The summed E-state index contributed by atoms with van der Waals surface area (Å²) in [4.78, 5) is 8.04. The predicted octanol–water partition coefficient (Wildman–Crippen LogP) is 0.588. The van der Waals surface area contributed by atoms with E-state index in [0.717, 1.165) is 18.5 Å². The average molecular weight is 270 g/mol. The summed E-state index contributed by atoms with van der Waals surface area (Å²) in [7, 11) is -3.11. The standard InChI is InChI=1S/C11H18N4O2S/c1-2-18(16,17)15-7-3-4-9(8-15)10-5-6-13-11(12)14-10/h5-6,9H,2-4,7-8H2,1H3,(H2,12,13,14)/t9-/m1/s1. The maximum Gasteiger partial charge on any atom is 0.220 e. The van der Waals surface area contributed by atoms with Crippen LogP contribution < -0.4 is 5.73 Å². The fourth-order valence-electron chi connectivity index (χ4n) is 2.23. The molecule has 0 unspecified atom stereocenters. The van der Waals surface area contributed by atoms with Gasteiger partial charge in [0, 0.05) is 25.2 Å². The molecule has 0 aromatic carbocycles. The van der Waals surface area contributed by atoms with Crippen molar-refractivity contribution in [2.75, 3.05) is 24.6 Å². The van der Waals surface area contributed by atoms with Gasteiger partial charge in [0.05, 0.1) is 11.4 Å². The molecule has 0 amide bonds. The number of nitrogen functional groups attached to an aromatic ring is 1. The fourth-order valence-corrected chi connectivity index (χ4v) is 3.41. The lowest BCUT2D eigenvalue weighted by molar-refractivity contribution is 0.313. The SMILES string of the molecule is CCS(=O)(=O)N1CCC[C@@H](c2ccnc(N)n2)C1. The molecule has 1 aromatic heterocycles. The Morgan fingerprint density at radius 2 is 2.33 bits per heavy atom. The first-order chi connectivity index (χ1) is 8.53. The summed E-state index contributed by atoms with van der Waals surface area (Å²) in [6.07, 6.45) is 3.41. The summed E-state index contributed by atoms with van der Waals surface area (Å²) < 4.78 is 25.3. The fraction of sp³-hybridized carbons (Fsp3) is 0.636. The van der Waals surface area contributed by atoms with Crippen molar-refractivity contribution in [2.24, 2.45) is 0 Å². The van der Waals surface area contributed by atoms with Gasteiger partial charge in [0.25, 0.3) is 0 Å². The lowest BCUT2D eigenvalue weighted by Crippen LogP contribution is -2.40. The highest BCUT2D eigenvalue weighted by molar-refractivity contribution is 7.89. The van der Waals surface area contributed by atoms with Crippen LogP contribution >= 0.6 is 0 Å². The molecule has 1 fully saturated rings. The predicted molar refractivity (Wildman–Crippen MR) is 69.5 cm³/mol. The molecule has 2 rings (SSSR count). The molecule has 0 saturated carbocycles. The second kappa shape index (κ2) is 5.19. The van der Waals surface area contributed by atoms with E-state index in [-0.39, 0.29) is 17.6 Å². The second-order valence-electron chi connectivity index (χ2n) is 4.44. The largest absolute Gasteiger partial charge is 0.368 e. The smallest absolute Gasteiger partial charge is 0.220 e. The van der Waals surface area contributed by atoms with Gasteiger partial charge in [-0.1, -0.05) is 0 Å². The van der Waals surface area contributed by atoms with Crippen LogP contribution in [0.5, 0.6) is 0 Å². The molecule has 1 saturated heterocycles. The molecule has 2 N–H and O–H groups in total. The van der Waals surface area contributed by atoms with Crippen LogP contribution in [0.2, 0.25) is 0 Å². The van der Waals surface area contributed by atoms with E-state index < -0.39 is 10.0 Å². The van der Waals surface area contributed by atoms with Crippen LogP contribution in [0.4, 0.5) is 5.95 Å². The first-order valence-electron chi connectivity index (χ1n) is 6.09. The first kappa shape index (κ1) is 13.2. The molecular formula is C11H18N4O2S. The molecular weight excluding hydrogens is 252 g/mol. The lowest BCUT2D eigenvalue weighted by Gasteiger charge is -2.31. The summed E-state index contributed by atoms with van der Waals surface area (Å²) in [5, 5.41) is 0. The maximum atomic E-state index is 11.9. The number of nitrogens with zero attached hydrogens (tertiary/aromatic N) is 3. The number of hydrogen-bond acceptors (Lipinski definition) is 5. The summed E-state index contributed by atoms with van der Waals surface area (Å²) >= 11 is 0. The van der Waals surface area contributed by atoms with E-state index in [2.05, 4.69) is 9.97 Å². The Labute approximate surface area is 107 Å². The average Bonchev–Trinajstić information content (AvgIpc) is 2.39. The minimum Gasteiger partial charge on any atom is -0.368 e. The summed E-state index contributed by atoms with van der Waals surface area (Å²) in [6, 6.07) is 1.81. The second-order valence-corrected chi connectivity index (χ2v) is 6.70. The van der Waals surface area contributed by atoms with Crippen LogP contribution in [-0.4, -0.2) is 41.5 Å². The molecule has 2 heterocycles. The highest BCUT2D eigenvalue weighted by Crippen LogP contribution is 2.27. The van der Waals surface area contributed by atoms with Crippen LogP contribution in [0, 0.1) is 0 Å². The number of sulfonamides is 1. The van der Waals surface area contributed by atoms with Crippen molar-refractivity contribution in [1.29, 1.82) is 0 Å². The van der Waals surface area contributed by atoms with Gasteiger partial charge < -0.3 is 5.73 Å². The van der Waals surface area contributed by atoms with Crippen molar-refractivity contribution in [2.45, 2.75) is 25.7 Å². The quantitative estimate of drug-likeness (QED) is 0.868. The maximum absolute atomic E-state index is 11.9. The van der Waals surface area contributed by atoms with Gasteiger partial charge in [0.2, 0.25) is 16.0 Å². The third kappa shape index (κ3) is 2.78. The molecule has 1 aliphatic rings. The lowest BCUT2D eigenvalue weighted by atomic mass is 9.96. The third-order valence-corrected chi connectivity index (χ3v) is 5.10. The third-order valence-electron chi connectivity index (χ3n) is 3.26. The Hall–Kier alpha value is -1.21. The van der Waals surface area contributed by atoms with Gasteiger partial charge in [-0.2, -0.15) is 0 Å². The highest BCUT2D eigenvalue weighted by Gasteiger charge is 2.29. The summed E-state index contributed by atoms with van der Waals surface area (Å²) in [5.74, 6) is 0.499.